The van der Waals surface area contributed by atoms with Crippen LogP contribution >= 0.6 is 11.6 Å². The van der Waals surface area contributed by atoms with E-state index in [1.807, 2.05) is 13.8 Å². The zero-order valence-corrected chi connectivity index (χ0v) is 12.0. The van der Waals surface area contributed by atoms with Gasteiger partial charge in [0.05, 0.1) is 17.5 Å². The Morgan fingerprint density at radius 3 is 2.78 bits per heavy atom. The number of halogens is 1. The zero-order chi connectivity index (χ0) is 13.1. The van der Waals surface area contributed by atoms with Gasteiger partial charge in [0, 0.05) is 19.7 Å². The number of anilines is 1. The van der Waals surface area contributed by atoms with Crippen molar-refractivity contribution >= 4 is 17.4 Å². The summed E-state index contributed by atoms with van der Waals surface area (Å²) >= 11 is 6.22. The maximum absolute atomic E-state index is 6.22. The molecule has 0 bridgehead atoms. The van der Waals surface area contributed by atoms with E-state index < -0.39 is 0 Å². The number of rotatable bonds is 2. The predicted molar refractivity (Wildman–Crippen MR) is 73.4 cm³/mol. The zero-order valence-electron chi connectivity index (χ0n) is 11.2. The molecule has 1 unspecified atom stereocenters. The quantitative estimate of drug-likeness (QED) is 0.828. The summed E-state index contributed by atoms with van der Waals surface area (Å²) in [5, 5.41) is 0.495. The summed E-state index contributed by atoms with van der Waals surface area (Å²) in [5.74, 6) is 0.795. The summed E-state index contributed by atoms with van der Waals surface area (Å²) in [5.41, 5.74) is 1.83. The molecule has 0 aliphatic carbocycles. The Kier molecular flexibility index (Phi) is 4.40. The lowest BCUT2D eigenvalue weighted by molar-refractivity contribution is 0.0664. The van der Waals surface area contributed by atoms with E-state index in [1.54, 1.807) is 0 Å². The van der Waals surface area contributed by atoms with Gasteiger partial charge in [-0.3, -0.25) is 0 Å². The molecule has 1 aliphatic heterocycles. The van der Waals surface area contributed by atoms with Crippen molar-refractivity contribution in [3.63, 3.8) is 0 Å². The molecule has 4 nitrogen and oxygen atoms in total. The highest BCUT2D eigenvalue weighted by atomic mass is 35.5. The molecule has 18 heavy (non-hydrogen) atoms. The number of ether oxygens (including phenoxy) is 1. The average Bonchev–Trinajstić information content (AvgIpc) is 2.59. The second kappa shape index (κ2) is 5.85. The predicted octanol–water partition coefficient (Wildman–Crippen LogP) is 2.75. The van der Waals surface area contributed by atoms with Crippen LogP contribution in [-0.4, -0.2) is 35.8 Å². The number of aromatic nitrogens is 2. The lowest BCUT2D eigenvalue weighted by atomic mass is 10.2. The Bertz CT molecular complexity index is 425. The fraction of sp³-hybridized carbons (Fsp3) is 0.692. The van der Waals surface area contributed by atoms with Crippen LogP contribution in [0.15, 0.2) is 0 Å². The topological polar surface area (TPSA) is 38.2 Å². The molecule has 100 valence electrons. The highest BCUT2D eigenvalue weighted by molar-refractivity contribution is 6.31. The minimum Gasteiger partial charge on any atom is -0.376 e. The molecule has 0 amide bonds. The second-order valence-electron chi connectivity index (χ2n) is 4.71. The van der Waals surface area contributed by atoms with Crippen LogP contribution < -0.4 is 4.90 Å². The number of nitrogens with zero attached hydrogens (tertiary/aromatic N) is 3. The van der Waals surface area contributed by atoms with E-state index in [2.05, 4.69) is 21.8 Å². The lowest BCUT2D eigenvalue weighted by Gasteiger charge is -2.25. The summed E-state index contributed by atoms with van der Waals surface area (Å²) < 4.78 is 5.76. The molecule has 0 saturated carbocycles. The van der Waals surface area contributed by atoms with Gasteiger partial charge in [0.25, 0.3) is 0 Å². The van der Waals surface area contributed by atoms with Gasteiger partial charge in [-0.15, -0.1) is 0 Å². The van der Waals surface area contributed by atoms with E-state index in [9.17, 15) is 0 Å². The lowest BCUT2D eigenvalue weighted by Crippen LogP contribution is -2.32. The molecule has 1 fully saturated rings. The van der Waals surface area contributed by atoms with E-state index in [0.29, 0.717) is 5.15 Å². The average molecular weight is 270 g/mol. The standard InChI is InChI=1S/C13H20ClN3O/c1-4-11-8-17(6-5-7-18-11)13-12(14)15-9(2)10(3)16-13/h11H,4-8H2,1-3H3. The SMILES string of the molecule is CCC1CN(c2nc(C)c(C)nc2Cl)CCCO1. The Hall–Kier alpha value is -0.870. The van der Waals surface area contributed by atoms with E-state index in [1.165, 1.54) is 0 Å². The molecule has 0 aromatic carbocycles. The first-order valence-corrected chi connectivity index (χ1v) is 6.87. The van der Waals surface area contributed by atoms with Crippen LogP contribution in [0.3, 0.4) is 0 Å². The van der Waals surface area contributed by atoms with Crippen molar-refractivity contribution in [3.8, 4) is 0 Å². The molecule has 1 aliphatic rings. The first-order valence-electron chi connectivity index (χ1n) is 6.49. The molecular formula is C13H20ClN3O. The van der Waals surface area contributed by atoms with Crippen molar-refractivity contribution in [1.29, 1.82) is 0 Å². The van der Waals surface area contributed by atoms with Gasteiger partial charge in [0.15, 0.2) is 11.0 Å². The van der Waals surface area contributed by atoms with Gasteiger partial charge in [-0.05, 0) is 26.7 Å². The summed E-state index contributed by atoms with van der Waals surface area (Å²) in [7, 11) is 0. The molecule has 2 heterocycles. The van der Waals surface area contributed by atoms with Gasteiger partial charge >= 0.3 is 0 Å². The molecule has 5 heteroatoms. The molecule has 1 saturated heterocycles. The fourth-order valence-electron chi connectivity index (χ4n) is 2.10. The monoisotopic (exact) mass is 269 g/mol. The highest BCUT2D eigenvalue weighted by Gasteiger charge is 2.21. The van der Waals surface area contributed by atoms with Crippen LogP contribution in [0, 0.1) is 13.8 Å². The van der Waals surface area contributed by atoms with Crippen LogP contribution in [0.2, 0.25) is 5.15 Å². The Balaban J connectivity index is 2.26. The minimum absolute atomic E-state index is 0.256. The third kappa shape index (κ3) is 2.93. The summed E-state index contributed by atoms with van der Waals surface area (Å²) in [6.07, 6.45) is 2.26. The van der Waals surface area contributed by atoms with Gasteiger partial charge in [0.2, 0.25) is 0 Å². The molecule has 0 spiro atoms. The fourth-order valence-corrected chi connectivity index (χ4v) is 2.39. The first kappa shape index (κ1) is 13.6. The van der Waals surface area contributed by atoms with Crippen LogP contribution in [0.1, 0.15) is 31.2 Å². The highest BCUT2D eigenvalue weighted by Crippen LogP contribution is 2.25. The summed E-state index contributed by atoms with van der Waals surface area (Å²) in [6.45, 7) is 8.61. The minimum atomic E-state index is 0.256. The maximum atomic E-state index is 6.22. The molecule has 2 rings (SSSR count). The van der Waals surface area contributed by atoms with Crippen LogP contribution in [0.5, 0.6) is 0 Å². The largest absolute Gasteiger partial charge is 0.376 e. The second-order valence-corrected chi connectivity index (χ2v) is 5.07. The van der Waals surface area contributed by atoms with Crippen LogP contribution in [-0.2, 0) is 4.74 Å². The normalized spacial score (nSPS) is 20.9. The van der Waals surface area contributed by atoms with E-state index in [-0.39, 0.29) is 6.10 Å². The van der Waals surface area contributed by atoms with Crippen molar-refractivity contribution < 1.29 is 4.74 Å². The van der Waals surface area contributed by atoms with Crippen molar-refractivity contribution in [2.45, 2.75) is 39.7 Å². The van der Waals surface area contributed by atoms with Gasteiger partial charge in [-0.1, -0.05) is 18.5 Å². The van der Waals surface area contributed by atoms with Crippen LogP contribution in [0.25, 0.3) is 0 Å². The summed E-state index contributed by atoms with van der Waals surface area (Å²) in [6, 6.07) is 0. The van der Waals surface area contributed by atoms with Gasteiger partial charge in [-0.2, -0.15) is 0 Å². The third-order valence-corrected chi connectivity index (χ3v) is 3.61. The Morgan fingerprint density at radius 2 is 2.06 bits per heavy atom. The molecule has 1 aromatic rings. The molecule has 0 radical (unpaired) electrons. The van der Waals surface area contributed by atoms with Gasteiger partial charge in [0.1, 0.15) is 0 Å². The van der Waals surface area contributed by atoms with Gasteiger partial charge < -0.3 is 9.64 Å². The Labute approximate surface area is 113 Å². The van der Waals surface area contributed by atoms with Crippen molar-refractivity contribution in [2.24, 2.45) is 0 Å². The van der Waals surface area contributed by atoms with Crippen molar-refractivity contribution in [2.75, 3.05) is 24.6 Å². The van der Waals surface area contributed by atoms with Crippen LogP contribution in [0.4, 0.5) is 5.82 Å². The smallest absolute Gasteiger partial charge is 0.171 e. The van der Waals surface area contributed by atoms with E-state index >= 15 is 0 Å². The maximum Gasteiger partial charge on any atom is 0.171 e. The summed E-state index contributed by atoms with van der Waals surface area (Å²) in [4.78, 5) is 11.1. The van der Waals surface area contributed by atoms with Crippen molar-refractivity contribution in [1.82, 2.24) is 9.97 Å². The number of hydrogen-bond acceptors (Lipinski definition) is 4. The third-order valence-electron chi connectivity index (χ3n) is 3.35. The Morgan fingerprint density at radius 1 is 1.33 bits per heavy atom. The van der Waals surface area contributed by atoms with Crippen molar-refractivity contribution in [3.05, 3.63) is 16.5 Å². The van der Waals surface area contributed by atoms with E-state index in [0.717, 1.165) is 49.7 Å². The van der Waals surface area contributed by atoms with E-state index in [4.69, 9.17) is 16.3 Å². The number of aryl methyl sites for hydroxylation is 2. The molecule has 1 atom stereocenters. The molecule has 0 N–H and O–H groups in total. The van der Waals surface area contributed by atoms with Gasteiger partial charge in [-0.25, -0.2) is 9.97 Å². The first-order chi connectivity index (χ1) is 8.61. The molecule has 1 aromatic heterocycles. The molecular weight excluding hydrogens is 250 g/mol. The number of hydrogen-bond donors (Lipinski definition) is 0.